The van der Waals surface area contributed by atoms with Gasteiger partial charge >= 0.3 is 11.9 Å². The predicted octanol–water partition coefficient (Wildman–Crippen LogP) is 10.8. The Morgan fingerprint density at radius 1 is 0.380 bits per heavy atom. The molecular weight excluding hydrogens is 628 g/mol. The second kappa shape index (κ2) is 40.5. The van der Waals surface area contributed by atoms with Crippen LogP contribution in [0.4, 0.5) is 0 Å². The molecule has 0 aromatic carbocycles. The Balaban J connectivity index is 4.01. The first kappa shape index (κ1) is 48.8. The number of esters is 2. The summed E-state index contributed by atoms with van der Waals surface area (Å²) in [6, 6.07) is 0. The zero-order chi connectivity index (χ0) is 36.6. The maximum Gasteiger partial charge on any atom is 0.305 e. The summed E-state index contributed by atoms with van der Waals surface area (Å²) in [5, 5.41) is 0. The highest BCUT2D eigenvalue weighted by atomic mass is 17.2. The van der Waals surface area contributed by atoms with E-state index in [-0.39, 0.29) is 11.9 Å². The Hall–Kier alpha value is -1.22. The quantitative estimate of drug-likeness (QED) is 0.0268. The fraction of sp³-hybridized carbons (Fsp3) is 0.952. The van der Waals surface area contributed by atoms with Gasteiger partial charge in [0.15, 0.2) is 0 Å². The molecule has 8 heteroatoms. The number of hydrogen-bond donors (Lipinski definition) is 0. The molecule has 298 valence electrons. The normalized spacial score (nSPS) is 11.6. The Morgan fingerprint density at radius 3 is 1.20 bits per heavy atom. The first-order chi connectivity index (χ1) is 24.5. The maximum absolute atomic E-state index is 12.0. The standard InChI is InChI=1S/C42H84N2O6/c1-5-7-9-11-13-17-23-31-41(45)47-37-28-21-15-19-25-34-44(36-40-50-49-39-30-27-33-43(3)4)35-26-20-16-22-29-38-48-42(46)32-24-18-14-12-10-8-6-2/h5-40H2,1-4H3. The molecule has 0 aromatic heterocycles. The summed E-state index contributed by atoms with van der Waals surface area (Å²) in [6.07, 6.45) is 31.7. The molecule has 0 saturated heterocycles. The Morgan fingerprint density at radius 2 is 0.740 bits per heavy atom. The lowest BCUT2D eigenvalue weighted by atomic mass is 10.1. The van der Waals surface area contributed by atoms with Gasteiger partial charge in [-0.3, -0.25) is 9.59 Å². The Kier molecular flexibility index (Phi) is 39.6. The molecule has 50 heavy (non-hydrogen) atoms. The molecular formula is C42H84N2O6. The topological polar surface area (TPSA) is 77.5 Å². The van der Waals surface area contributed by atoms with Crippen LogP contribution in [-0.2, 0) is 28.8 Å². The third-order valence-electron chi connectivity index (χ3n) is 9.39. The molecule has 0 aromatic rings. The predicted molar refractivity (Wildman–Crippen MR) is 209 cm³/mol. The van der Waals surface area contributed by atoms with Crippen molar-refractivity contribution in [3.05, 3.63) is 0 Å². The van der Waals surface area contributed by atoms with Crippen LogP contribution in [0.3, 0.4) is 0 Å². The van der Waals surface area contributed by atoms with Gasteiger partial charge in [-0.05, 0) is 85.1 Å². The van der Waals surface area contributed by atoms with Gasteiger partial charge in [0.2, 0.25) is 0 Å². The van der Waals surface area contributed by atoms with Crippen molar-refractivity contribution in [2.75, 3.05) is 66.7 Å². The highest BCUT2D eigenvalue weighted by molar-refractivity contribution is 5.69. The highest BCUT2D eigenvalue weighted by Crippen LogP contribution is 2.12. The summed E-state index contributed by atoms with van der Waals surface area (Å²) in [5.74, 6) is -0.0436. The van der Waals surface area contributed by atoms with Gasteiger partial charge in [0.1, 0.15) is 0 Å². The second-order valence-electron chi connectivity index (χ2n) is 14.7. The largest absolute Gasteiger partial charge is 0.466 e. The molecule has 0 aliphatic rings. The monoisotopic (exact) mass is 713 g/mol. The summed E-state index contributed by atoms with van der Waals surface area (Å²) in [6.45, 7) is 11.0. The van der Waals surface area contributed by atoms with Gasteiger partial charge in [-0.1, -0.05) is 129 Å². The van der Waals surface area contributed by atoms with E-state index in [0.29, 0.717) is 39.3 Å². The van der Waals surface area contributed by atoms with Gasteiger partial charge in [0.25, 0.3) is 0 Å². The molecule has 8 nitrogen and oxygen atoms in total. The molecule has 0 radical (unpaired) electrons. The zero-order valence-electron chi connectivity index (χ0n) is 33.8. The van der Waals surface area contributed by atoms with Crippen LogP contribution < -0.4 is 0 Å². The first-order valence-corrected chi connectivity index (χ1v) is 21.4. The lowest BCUT2D eigenvalue weighted by Gasteiger charge is -2.22. The molecule has 0 saturated carbocycles. The van der Waals surface area contributed by atoms with Crippen molar-refractivity contribution in [1.29, 1.82) is 0 Å². The number of nitrogens with zero attached hydrogens (tertiary/aromatic N) is 2. The minimum atomic E-state index is -0.0218. The summed E-state index contributed by atoms with van der Waals surface area (Å²) in [5.41, 5.74) is 0. The molecule has 0 spiro atoms. The SMILES string of the molecule is CCCCCCCCCC(=O)OCCCCCCCN(CCCCCCCOC(=O)CCCCCCCCC)CCOOCCCCN(C)C. The third-order valence-corrected chi connectivity index (χ3v) is 9.39. The number of rotatable bonds is 41. The first-order valence-electron chi connectivity index (χ1n) is 21.4. The number of carbonyl (C=O) groups is 2. The molecule has 0 heterocycles. The van der Waals surface area contributed by atoms with Crippen LogP contribution >= 0.6 is 0 Å². The lowest BCUT2D eigenvalue weighted by molar-refractivity contribution is -0.296. The van der Waals surface area contributed by atoms with Crippen LogP contribution in [0.5, 0.6) is 0 Å². The number of hydrogen-bond acceptors (Lipinski definition) is 8. The van der Waals surface area contributed by atoms with E-state index in [1.165, 1.54) is 103 Å². The van der Waals surface area contributed by atoms with Gasteiger partial charge in [-0.15, -0.1) is 0 Å². The smallest absolute Gasteiger partial charge is 0.305 e. The average molecular weight is 713 g/mol. The summed E-state index contributed by atoms with van der Waals surface area (Å²) in [4.78, 5) is 39.6. The summed E-state index contributed by atoms with van der Waals surface area (Å²) in [7, 11) is 4.19. The fourth-order valence-corrected chi connectivity index (χ4v) is 6.11. The minimum Gasteiger partial charge on any atom is -0.466 e. The van der Waals surface area contributed by atoms with Crippen LogP contribution in [0.15, 0.2) is 0 Å². The molecule has 0 atom stereocenters. The van der Waals surface area contributed by atoms with Crippen molar-refractivity contribution in [2.45, 2.75) is 194 Å². The van der Waals surface area contributed by atoms with Crippen molar-refractivity contribution >= 4 is 11.9 Å². The van der Waals surface area contributed by atoms with E-state index in [9.17, 15) is 9.59 Å². The van der Waals surface area contributed by atoms with Crippen LogP contribution in [0.1, 0.15) is 194 Å². The lowest BCUT2D eigenvalue weighted by Crippen LogP contribution is -2.30. The van der Waals surface area contributed by atoms with E-state index >= 15 is 0 Å². The molecule has 0 amide bonds. The van der Waals surface area contributed by atoms with Crippen molar-refractivity contribution < 1.29 is 28.8 Å². The van der Waals surface area contributed by atoms with Gasteiger partial charge in [0.05, 0.1) is 26.4 Å². The second-order valence-corrected chi connectivity index (χ2v) is 14.7. The Labute approximate surface area is 310 Å². The third kappa shape index (κ3) is 39.6. The van der Waals surface area contributed by atoms with Gasteiger partial charge < -0.3 is 19.3 Å². The minimum absolute atomic E-state index is 0.0218. The van der Waals surface area contributed by atoms with E-state index in [1.54, 1.807) is 0 Å². The van der Waals surface area contributed by atoms with Crippen LogP contribution in [-0.4, -0.2) is 88.4 Å². The van der Waals surface area contributed by atoms with Crippen molar-refractivity contribution in [1.82, 2.24) is 9.80 Å². The van der Waals surface area contributed by atoms with Gasteiger partial charge in [0, 0.05) is 19.4 Å². The number of ether oxygens (including phenoxy) is 2. The molecule has 0 N–H and O–H groups in total. The number of unbranched alkanes of at least 4 members (excludes halogenated alkanes) is 21. The number of carbonyl (C=O) groups excluding carboxylic acids is 2. The van der Waals surface area contributed by atoms with Crippen molar-refractivity contribution in [3.63, 3.8) is 0 Å². The van der Waals surface area contributed by atoms with Crippen molar-refractivity contribution in [2.24, 2.45) is 0 Å². The molecule has 0 aliphatic heterocycles. The van der Waals surface area contributed by atoms with E-state index in [1.807, 2.05) is 0 Å². The molecule has 0 rings (SSSR count). The van der Waals surface area contributed by atoms with Gasteiger partial charge in [-0.25, -0.2) is 9.78 Å². The highest BCUT2D eigenvalue weighted by Gasteiger charge is 2.07. The zero-order valence-corrected chi connectivity index (χ0v) is 33.8. The molecule has 0 fully saturated rings. The van der Waals surface area contributed by atoms with E-state index in [4.69, 9.17) is 19.2 Å². The van der Waals surface area contributed by atoms with Crippen LogP contribution in [0.2, 0.25) is 0 Å². The Bertz CT molecular complexity index is 662. The fourth-order valence-electron chi connectivity index (χ4n) is 6.11. The van der Waals surface area contributed by atoms with Gasteiger partial charge in [-0.2, -0.15) is 0 Å². The summed E-state index contributed by atoms with van der Waals surface area (Å²) < 4.78 is 10.9. The van der Waals surface area contributed by atoms with E-state index in [0.717, 1.165) is 90.4 Å². The molecule has 0 unspecified atom stereocenters. The molecule has 0 aliphatic carbocycles. The van der Waals surface area contributed by atoms with Crippen LogP contribution in [0.25, 0.3) is 0 Å². The maximum atomic E-state index is 12.0. The average Bonchev–Trinajstić information content (AvgIpc) is 3.10. The molecule has 0 bridgehead atoms. The van der Waals surface area contributed by atoms with E-state index < -0.39 is 0 Å². The summed E-state index contributed by atoms with van der Waals surface area (Å²) >= 11 is 0. The van der Waals surface area contributed by atoms with Crippen LogP contribution in [0, 0.1) is 0 Å². The van der Waals surface area contributed by atoms with E-state index in [2.05, 4.69) is 37.7 Å². The van der Waals surface area contributed by atoms with Crippen molar-refractivity contribution in [3.8, 4) is 0 Å².